The van der Waals surface area contributed by atoms with Gasteiger partial charge in [0.1, 0.15) is 11.6 Å². The number of hydrogen-bond donors (Lipinski definition) is 0. The van der Waals surface area contributed by atoms with Crippen molar-refractivity contribution < 1.29 is 23.1 Å². The number of thioether (sulfide) groups is 1. The molecule has 0 heterocycles. The van der Waals surface area contributed by atoms with E-state index in [0.717, 1.165) is 54.2 Å². The Labute approximate surface area is 234 Å². The first kappa shape index (κ1) is 30.4. The van der Waals surface area contributed by atoms with E-state index in [1.54, 1.807) is 22.7 Å². The van der Waals surface area contributed by atoms with Crippen molar-refractivity contribution in [1.29, 1.82) is 0 Å². The number of methoxy groups -OCH3 is 1. The zero-order valence-corrected chi connectivity index (χ0v) is 23.6. The highest BCUT2D eigenvalue weighted by molar-refractivity contribution is 7.98. The lowest BCUT2D eigenvalue weighted by molar-refractivity contribution is -0.131. The van der Waals surface area contributed by atoms with Gasteiger partial charge in [-0.1, -0.05) is 69.0 Å². The zero-order valence-electron chi connectivity index (χ0n) is 22.8. The Hall–Kier alpha value is -3.19. The van der Waals surface area contributed by atoms with Crippen molar-refractivity contribution in [2.75, 3.05) is 13.7 Å². The standard InChI is InChI=1S/C32H37F2NO3S/c1-3-4-5-6-9-20-35(22-25-15-16-27(33)21-30(25)34)31(36)19-14-24-12-17-28(18-13-24)39-23-26-10-7-8-11-29(26)32(37)38-2/h7-8,10-13,15-18,21H,3-6,9,14,19-20,22-23H2,1-2H3. The Kier molecular flexibility index (Phi) is 12.5. The van der Waals surface area contributed by atoms with Crippen LogP contribution in [0.5, 0.6) is 0 Å². The van der Waals surface area contributed by atoms with Crippen molar-refractivity contribution in [3.8, 4) is 0 Å². The van der Waals surface area contributed by atoms with Gasteiger partial charge >= 0.3 is 5.97 Å². The van der Waals surface area contributed by atoms with Crippen molar-refractivity contribution in [1.82, 2.24) is 4.90 Å². The third-order valence-corrected chi connectivity index (χ3v) is 7.69. The number of rotatable bonds is 15. The molecule has 0 spiro atoms. The SMILES string of the molecule is CCCCCCCN(Cc1ccc(F)cc1F)C(=O)CCc1ccc(SCc2ccccc2C(=O)OC)cc1. The summed E-state index contributed by atoms with van der Waals surface area (Å²) in [6.45, 7) is 2.85. The molecule has 0 saturated heterocycles. The van der Waals surface area contributed by atoms with Crippen LogP contribution in [-0.2, 0) is 28.2 Å². The summed E-state index contributed by atoms with van der Waals surface area (Å²) in [7, 11) is 1.38. The number of nitrogens with zero attached hydrogens (tertiary/aromatic N) is 1. The van der Waals surface area contributed by atoms with E-state index in [2.05, 4.69) is 6.92 Å². The molecule has 4 nitrogen and oxygen atoms in total. The first-order valence-corrected chi connectivity index (χ1v) is 14.5. The molecule has 3 rings (SSSR count). The number of carbonyl (C=O) groups is 2. The molecule has 0 aliphatic heterocycles. The molecule has 39 heavy (non-hydrogen) atoms. The van der Waals surface area contributed by atoms with Crippen LogP contribution in [0.25, 0.3) is 0 Å². The minimum absolute atomic E-state index is 0.0351. The molecule has 0 saturated carbocycles. The van der Waals surface area contributed by atoms with E-state index >= 15 is 0 Å². The second-order valence-electron chi connectivity index (χ2n) is 9.55. The highest BCUT2D eigenvalue weighted by Gasteiger charge is 2.17. The van der Waals surface area contributed by atoms with Gasteiger partial charge in [0.05, 0.1) is 12.7 Å². The predicted molar refractivity (Wildman–Crippen MR) is 153 cm³/mol. The van der Waals surface area contributed by atoms with Crippen molar-refractivity contribution in [2.24, 2.45) is 0 Å². The van der Waals surface area contributed by atoms with E-state index in [1.807, 2.05) is 42.5 Å². The molecule has 0 unspecified atom stereocenters. The van der Waals surface area contributed by atoms with Gasteiger partial charge in [-0.3, -0.25) is 4.79 Å². The monoisotopic (exact) mass is 553 g/mol. The van der Waals surface area contributed by atoms with Crippen molar-refractivity contribution in [3.05, 3.63) is 101 Å². The summed E-state index contributed by atoms with van der Waals surface area (Å²) < 4.78 is 32.5. The second-order valence-corrected chi connectivity index (χ2v) is 10.6. The molecular weight excluding hydrogens is 516 g/mol. The van der Waals surface area contributed by atoms with Crippen LogP contribution in [-0.4, -0.2) is 30.4 Å². The van der Waals surface area contributed by atoms with Gasteiger partial charge in [-0.2, -0.15) is 0 Å². The normalized spacial score (nSPS) is 10.9. The topological polar surface area (TPSA) is 46.6 Å². The second kappa shape index (κ2) is 16.0. The first-order chi connectivity index (χ1) is 18.9. The summed E-state index contributed by atoms with van der Waals surface area (Å²) in [6, 6.07) is 19.0. The molecular formula is C32H37F2NO3S. The summed E-state index contributed by atoms with van der Waals surface area (Å²) in [5, 5.41) is 0. The molecule has 3 aromatic carbocycles. The summed E-state index contributed by atoms with van der Waals surface area (Å²) in [6.07, 6.45) is 6.19. The maximum atomic E-state index is 14.3. The van der Waals surface area contributed by atoms with Crippen LogP contribution in [0, 0.1) is 11.6 Å². The molecule has 0 bridgehead atoms. The number of amides is 1. The number of halogens is 2. The van der Waals surface area contributed by atoms with Crippen LogP contribution < -0.4 is 0 Å². The zero-order chi connectivity index (χ0) is 28.0. The van der Waals surface area contributed by atoms with Gasteiger partial charge in [0.2, 0.25) is 5.91 Å². The fourth-order valence-corrected chi connectivity index (χ4v) is 5.23. The molecule has 208 valence electrons. The van der Waals surface area contributed by atoms with E-state index in [4.69, 9.17) is 4.74 Å². The lowest BCUT2D eigenvalue weighted by Crippen LogP contribution is -2.32. The van der Waals surface area contributed by atoms with Gasteiger partial charge in [-0.25, -0.2) is 13.6 Å². The summed E-state index contributed by atoms with van der Waals surface area (Å²) in [5.74, 6) is -0.990. The van der Waals surface area contributed by atoms with Crippen LogP contribution >= 0.6 is 11.8 Å². The van der Waals surface area contributed by atoms with Gasteiger partial charge in [0, 0.05) is 41.8 Å². The Morgan fingerprint density at radius 3 is 2.36 bits per heavy atom. The van der Waals surface area contributed by atoms with Crippen LogP contribution in [0.2, 0.25) is 0 Å². The van der Waals surface area contributed by atoms with Crippen LogP contribution in [0.4, 0.5) is 8.78 Å². The highest BCUT2D eigenvalue weighted by atomic mass is 32.2. The van der Waals surface area contributed by atoms with E-state index in [1.165, 1.54) is 19.2 Å². The number of unbranched alkanes of at least 4 members (excludes halogenated alkanes) is 4. The number of carbonyl (C=O) groups excluding carboxylic acids is 2. The predicted octanol–water partition coefficient (Wildman–Crippen LogP) is 7.98. The van der Waals surface area contributed by atoms with E-state index < -0.39 is 11.6 Å². The third kappa shape index (κ3) is 9.81. The third-order valence-electron chi connectivity index (χ3n) is 6.63. The summed E-state index contributed by atoms with van der Waals surface area (Å²) in [5.41, 5.74) is 2.85. The average molecular weight is 554 g/mol. The lowest BCUT2D eigenvalue weighted by Gasteiger charge is -2.23. The van der Waals surface area contributed by atoms with Crippen molar-refractivity contribution in [2.45, 2.75) is 69.1 Å². The maximum absolute atomic E-state index is 14.3. The van der Waals surface area contributed by atoms with Gasteiger partial charge in [-0.05, 0) is 48.2 Å². The van der Waals surface area contributed by atoms with Crippen LogP contribution in [0.3, 0.4) is 0 Å². The molecule has 0 fully saturated rings. The summed E-state index contributed by atoms with van der Waals surface area (Å²) >= 11 is 1.63. The van der Waals surface area contributed by atoms with Gasteiger partial charge in [-0.15, -0.1) is 11.8 Å². The number of hydrogen-bond acceptors (Lipinski definition) is 4. The Bertz CT molecular complexity index is 1220. The van der Waals surface area contributed by atoms with Gasteiger partial charge in [0.15, 0.2) is 0 Å². The highest BCUT2D eigenvalue weighted by Crippen LogP contribution is 2.25. The first-order valence-electron chi connectivity index (χ1n) is 13.5. The smallest absolute Gasteiger partial charge is 0.338 e. The molecule has 7 heteroatoms. The number of aryl methyl sites for hydroxylation is 1. The number of esters is 1. The van der Waals surface area contributed by atoms with Gasteiger partial charge < -0.3 is 9.64 Å². The molecule has 0 aliphatic carbocycles. The minimum atomic E-state index is -0.624. The molecule has 3 aromatic rings. The lowest BCUT2D eigenvalue weighted by atomic mass is 10.1. The van der Waals surface area contributed by atoms with Crippen LogP contribution in [0.15, 0.2) is 71.6 Å². The Morgan fingerprint density at radius 1 is 0.897 bits per heavy atom. The molecule has 0 aromatic heterocycles. The van der Waals surface area contributed by atoms with Gasteiger partial charge in [0.25, 0.3) is 0 Å². The van der Waals surface area contributed by atoms with E-state index in [-0.39, 0.29) is 18.4 Å². The fraction of sp³-hybridized carbons (Fsp3) is 0.375. The Morgan fingerprint density at radius 2 is 1.64 bits per heavy atom. The van der Waals surface area contributed by atoms with Crippen molar-refractivity contribution in [3.63, 3.8) is 0 Å². The molecule has 1 amide bonds. The summed E-state index contributed by atoms with van der Waals surface area (Å²) in [4.78, 5) is 27.9. The number of benzene rings is 3. The number of ether oxygens (including phenoxy) is 1. The quantitative estimate of drug-likeness (QED) is 0.109. The van der Waals surface area contributed by atoms with E-state index in [0.29, 0.717) is 36.3 Å². The molecule has 0 aliphatic rings. The minimum Gasteiger partial charge on any atom is -0.465 e. The van der Waals surface area contributed by atoms with Crippen molar-refractivity contribution >= 4 is 23.6 Å². The maximum Gasteiger partial charge on any atom is 0.338 e. The molecule has 0 atom stereocenters. The molecule has 0 N–H and O–H groups in total. The fourth-order valence-electron chi connectivity index (χ4n) is 4.33. The molecule has 0 radical (unpaired) electrons. The largest absolute Gasteiger partial charge is 0.465 e. The van der Waals surface area contributed by atoms with Crippen LogP contribution in [0.1, 0.15) is 72.5 Å². The van der Waals surface area contributed by atoms with E-state index in [9.17, 15) is 18.4 Å². The average Bonchev–Trinajstić information content (AvgIpc) is 2.95. The Balaban J connectivity index is 1.56.